The number of nitrogens with zero attached hydrogens (tertiary/aromatic N) is 1. The average Bonchev–Trinajstić information content (AvgIpc) is 2.52. The zero-order chi connectivity index (χ0) is 20.5. The predicted molar refractivity (Wildman–Crippen MR) is 102 cm³/mol. The Balaban J connectivity index is 1.96. The van der Waals surface area contributed by atoms with Crippen LogP contribution < -0.4 is 5.32 Å². The predicted octanol–water partition coefficient (Wildman–Crippen LogP) is 2.61. The highest BCUT2D eigenvalue weighted by Crippen LogP contribution is 2.24. The van der Waals surface area contributed by atoms with E-state index in [4.69, 9.17) is 4.74 Å². The Kier molecular flexibility index (Phi) is 5.89. The van der Waals surface area contributed by atoms with Gasteiger partial charge in [-0.05, 0) is 64.8 Å². The maximum atomic E-state index is 12.5. The summed E-state index contributed by atoms with van der Waals surface area (Å²) in [6.07, 6.45) is 2.01. The molecule has 1 fully saturated rings. The van der Waals surface area contributed by atoms with Gasteiger partial charge in [-0.2, -0.15) is 0 Å². The van der Waals surface area contributed by atoms with E-state index >= 15 is 0 Å². The van der Waals surface area contributed by atoms with Crippen LogP contribution in [-0.4, -0.2) is 55.8 Å². The van der Waals surface area contributed by atoms with Crippen LogP contribution in [0.2, 0.25) is 0 Å². The van der Waals surface area contributed by atoms with Gasteiger partial charge >= 0.3 is 6.09 Å². The number of benzene rings is 1. The summed E-state index contributed by atoms with van der Waals surface area (Å²) in [5.41, 5.74) is -0.576. The summed E-state index contributed by atoms with van der Waals surface area (Å²) in [6.45, 7) is 8.43. The van der Waals surface area contributed by atoms with Crippen LogP contribution >= 0.6 is 0 Å². The van der Waals surface area contributed by atoms with E-state index in [9.17, 15) is 18.0 Å². The van der Waals surface area contributed by atoms with E-state index < -0.39 is 21.0 Å². The first kappa shape index (κ1) is 21.2. The molecule has 7 nitrogen and oxygen atoms in total. The van der Waals surface area contributed by atoms with Crippen molar-refractivity contribution in [3.8, 4) is 0 Å². The van der Waals surface area contributed by atoms with Crippen molar-refractivity contribution in [1.29, 1.82) is 0 Å². The second-order valence-corrected chi connectivity index (χ2v) is 10.3. The summed E-state index contributed by atoms with van der Waals surface area (Å²) in [7, 11) is -3.29. The normalized spacial score (nSPS) is 17.3. The highest BCUT2D eigenvalue weighted by atomic mass is 32.2. The Morgan fingerprint density at radius 3 is 2.07 bits per heavy atom. The molecule has 1 aliphatic heterocycles. The Bertz CT molecular complexity index is 801. The Labute approximate surface area is 161 Å². The molecule has 2 amide bonds. The molecule has 2 rings (SSSR count). The van der Waals surface area contributed by atoms with Gasteiger partial charge in [0, 0.05) is 30.4 Å². The first-order valence-corrected chi connectivity index (χ1v) is 10.8. The third kappa shape index (κ3) is 5.95. The van der Waals surface area contributed by atoms with Crippen LogP contribution in [0.4, 0.5) is 4.79 Å². The van der Waals surface area contributed by atoms with Gasteiger partial charge in [-0.1, -0.05) is 0 Å². The molecule has 0 unspecified atom stereocenters. The standard InChI is InChI=1S/C19H28N2O5S/c1-18(2,3)26-17(23)21-12-10-19(4,11-13-21)20-16(22)14-6-8-15(9-7-14)27(5,24)25/h6-9H,10-13H2,1-5H3,(H,20,22). The molecule has 8 heteroatoms. The minimum absolute atomic E-state index is 0.177. The lowest BCUT2D eigenvalue weighted by Crippen LogP contribution is -2.54. The largest absolute Gasteiger partial charge is 0.444 e. The lowest BCUT2D eigenvalue weighted by Gasteiger charge is -2.40. The summed E-state index contributed by atoms with van der Waals surface area (Å²) in [5, 5.41) is 3.01. The van der Waals surface area contributed by atoms with Crippen molar-refractivity contribution in [3.63, 3.8) is 0 Å². The first-order chi connectivity index (χ1) is 12.3. The summed E-state index contributed by atoms with van der Waals surface area (Å²) in [5.74, 6) is -0.261. The van der Waals surface area contributed by atoms with Crippen molar-refractivity contribution in [2.45, 2.75) is 56.6 Å². The number of carbonyl (C=O) groups excluding carboxylic acids is 2. The molecule has 1 saturated heterocycles. The molecule has 1 aromatic carbocycles. The number of carbonyl (C=O) groups is 2. The van der Waals surface area contributed by atoms with Gasteiger partial charge in [-0.3, -0.25) is 4.79 Å². The van der Waals surface area contributed by atoms with E-state index in [0.717, 1.165) is 6.26 Å². The van der Waals surface area contributed by atoms with Crippen LogP contribution in [0.5, 0.6) is 0 Å². The number of amides is 2. The van der Waals surface area contributed by atoms with Crippen molar-refractivity contribution in [3.05, 3.63) is 29.8 Å². The van der Waals surface area contributed by atoms with Crippen molar-refractivity contribution in [2.75, 3.05) is 19.3 Å². The molecule has 1 heterocycles. The van der Waals surface area contributed by atoms with Gasteiger partial charge < -0.3 is 15.0 Å². The van der Waals surface area contributed by atoms with Crippen LogP contribution in [0.25, 0.3) is 0 Å². The molecular formula is C19H28N2O5S. The summed E-state index contributed by atoms with van der Waals surface area (Å²) in [6, 6.07) is 5.87. The lowest BCUT2D eigenvalue weighted by atomic mass is 9.89. The van der Waals surface area contributed by atoms with E-state index in [1.165, 1.54) is 24.3 Å². The van der Waals surface area contributed by atoms with Crippen LogP contribution in [0.1, 0.15) is 50.9 Å². The van der Waals surface area contributed by atoms with Crippen LogP contribution in [-0.2, 0) is 14.6 Å². The first-order valence-electron chi connectivity index (χ1n) is 8.90. The Hall–Kier alpha value is -2.09. The van der Waals surface area contributed by atoms with Gasteiger partial charge in [0.05, 0.1) is 4.90 Å². The minimum atomic E-state index is -3.29. The lowest BCUT2D eigenvalue weighted by molar-refractivity contribution is 0.0160. The molecule has 0 radical (unpaired) electrons. The Morgan fingerprint density at radius 2 is 1.63 bits per heavy atom. The molecule has 0 spiro atoms. The van der Waals surface area contributed by atoms with E-state index in [1.807, 2.05) is 27.7 Å². The molecular weight excluding hydrogens is 368 g/mol. The minimum Gasteiger partial charge on any atom is -0.444 e. The van der Waals surface area contributed by atoms with Gasteiger partial charge in [0.1, 0.15) is 5.60 Å². The monoisotopic (exact) mass is 396 g/mol. The zero-order valence-electron chi connectivity index (χ0n) is 16.5. The van der Waals surface area contributed by atoms with Gasteiger partial charge in [-0.15, -0.1) is 0 Å². The van der Waals surface area contributed by atoms with E-state index in [1.54, 1.807) is 4.90 Å². The number of piperidine rings is 1. The van der Waals surface area contributed by atoms with Gasteiger partial charge in [-0.25, -0.2) is 13.2 Å². The number of hydrogen-bond acceptors (Lipinski definition) is 5. The molecule has 150 valence electrons. The fourth-order valence-corrected chi connectivity index (χ4v) is 3.46. The third-order valence-electron chi connectivity index (χ3n) is 4.48. The highest BCUT2D eigenvalue weighted by Gasteiger charge is 2.34. The van der Waals surface area contributed by atoms with Crippen molar-refractivity contribution < 1.29 is 22.7 Å². The number of likely N-dealkylation sites (tertiary alicyclic amines) is 1. The average molecular weight is 397 g/mol. The fraction of sp³-hybridized carbons (Fsp3) is 0.579. The molecule has 0 aromatic heterocycles. The molecule has 27 heavy (non-hydrogen) atoms. The second kappa shape index (κ2) is 7.50. The quantitative estimate of drug-likeness (QED) is 0.848. The SMILES string of the molecule is CC1(NC(=O)c2ccc(S(C)(=O)=O)cc2)CCN(C(=O)OC(C)(C)C)CC1. The third-order valence-corrected chi connectivity index (χ3v) is 5.61. The molecule has 1 aliphatic rings. The summed E-state index contributed by atoms with van der Waals surface area (Å²) < 4.78 is 28.4. The van der Waals surface area contributed by atoms with Gasteiger partial charge in [0.25, 0.3) is 5.91 Å². The zero-order valence-corrected chi connectivity index (χ0v) is 17.4. The van der Waals surface area contributed by atoms with E-state index in [2.05, 4.69) is 5.32 Å². The number of sulfone groups is 1. The maximum Gasteiger partial charge on any atom is 0.410 e. The van der Waals surface area contributed by atoms with Crippen molar-refractivity contribution in [1.82, 2.24) is 10.2 Å². The number of hydrogen-bond donors (Lipinski definition) is 1. The molecule has 0 aliphatic carbocycles. The highest BCUT2D eigenvalue weighted by molar-refractivity contribution is 7.90. The molecule has 1 aromatic rings. The van der Waals surface area contributed by atoms with Crippen LogP contribution in [0, 0.1) is 0 Å². The second-order valence-electron chi connectivity index (χ2n) is 8.28. The smallest absolute Gasteiger partial charge is 0.410 e. The molecule has 1 N–H and O–H groups in total. The molecule has 0 saturated carbocycles. The van der Waals surface area contributed by atoms with Crippen LogP contribution in [0.15, 0.2) is 29.2 Å². The van der Waals surface area contributed by atoms with Crippen molar-refractivity contribution in [2.24, 2.45) is 0 Å². The maximum absolute atomic E-state index is 12.5. The van der Waals surface area contributed by atoms with Gasteiger partial charge in [0.2, 0.25) is 0 Å². The summed E-state index contributed by atoms with van der Waals surface area (Å²) >= 11 is 0. The molecule has 0 atom stereocenters. The summed E-state index contributed by atoms with van der Waals surface area (Å²) in [4.78, 5) is 26.5. The Morgan fingerprint density at radius 1 is 1.11 bits per heavy atom. The number of nitrogens with one attached hydrogen (secondary N) is 1. The van der Waals surface area contributed by atoms with E-state index in [0.29, 0.717) is 31.5 Å². The number of rotatable bonds is 3. The topological polar surface area (TPSA) is 92.8 Å². The van der Waals surface area contributed by atoms with E-state index in [-0.39, 0.29) is 16.9 Å². The van der Waals surface area contributed by atoms with Crippen molar-refractivity contribution >= 4 is 21.8 Å². The number of ether oxygens (including phenoxy) is 1. The van der Waals surface area contributed by atoms with Crippen LogP contribution in [0.3, 0.4) is 0 Å². The fourth-order valence-electron chi connectivity index (χ4n) is 2.83. The van der Waals surface area contributed by atoms with Gasteiger partial charge in [0.15, 0.2) is 9.84 Å². The molecule has 0 bridgehead atoms.